The summed E-state index contributed by atoms with van der Waals surface area (Å²) in [6, 6.07) is 11.7. The molecule has 0 saturated heterocycles. The van der Waals surface area contributed by atoms with E-state index in [2.05, 4.69) is 5.32 Å². The van der Waals surface area contributed by atoms with Gasteiger partial charge in [-0.15, -0.1) is 0 Å². The number of benzene rings is 2. The lowest BCUT2D eigenvalue weighted by molar-refractivity contribution is -0.141. The Bertz CT molecular complexity index is 1120. The number of likely N-dealkylation sites (N-methyl/N-ethyl adjacent to an activating group) is 1. The van der Waals surface area contributed by atoms with Crippen molar-refractivity contribution in [3.63, 3.8) is 0 Å². The van der Waals surface area contributed by atoms with Crippen molar-refractivity contribution in [3.8, 4) is 5.75 Å². The molecular weight excluding hydrogens is 490 g/mol. The summed E-state index contributed by atoms with van der Waals surface area (Å²) < 4.78 is 31.5. The van der Waals surface area contributed by atoms with E-state index in [9.17, 15) is 18.0 Å². The number of hydrogen-bond acceptors (Lipinski definition) is 5. The third kappa shape index (κ3) is 7.86. The van der Waals surface area contributed by atoms with Crippen molar-refractivity contribution in [3.05, 3.63) is 58.6 Å². The average Bonchev–Trinajstić information content (AvgIpc) is 2.82. The molecule has 192 valence electrons. The summed E-state index contributed by atoms with van der Waals surface area (Å²) in [5.41, 5.74) is 2.10. The summed E-state index contributed by atoms with van der Waals surface area (Å²) in [6.07, 6.45) is 1.93. The molecular formula is C25H34ClN3O5S. The van der Waals surface area contributed by atoms with Crippen LogP contribution in [0.5, 0.6) is 5.75 Å². The van der Waals surface area contributed by atoms with Gasteiger partial charge in [0.05, 0.1) is 19.1 Å². The first-order valence-electron chi connectivity index (χ1n) is 11.4. The number of carbonyl (C=O) groups excluding carboxylic acids is 2. The lowest BCUT2D eigenvalue weighted by Gasteiger charge is -2.31. The zero-order chi connectivity index (χ0) is 26.2. The molecule has 0 aromatic heterocycles. The van der Waals surface area contributed by atoms with Gasteiger partial charge in [0.2, 0.25) is 21.8 Å². The van der Waals surface area contributed by atoms with Crippen LogP contribution in [-0.4, -0.2) is 58.1 Å². The summed E-state index contributed by atoms with van der Waals surface area (Å²) in [7, 11) is -0.478. The number of anilines is 1. The van der Waals surface area contributed by atoms with Crippen molar-refractivity contribution < 1.29 is 22.7 Å². The van der Waals surface area contributed by atoms with Gasteiger partial charge in [-0.25, -0.2) is 8.42 Å². The molecule has 0 bridgehead atoms. The maximum atomic E-state index is 13.3. The number of nitrogens with zero attached hydrogens (tertiary/aromatic N) is 2. The van der Waals surface area contributed by atoms with E-state index < -0.39 is 16.1 Å². The second-order valence-electron chi connectivity index (χ2n) is 8.28. The van der Waals surface area contributed by atoms with Crippen LogP contribution in [0.1, 0.15) is 37.3 Å². The summed E-state index contributed by atoms with van der Waals surface area (Å²) in [5.74, 6) is 0.219. The summed E-state index contributed by atoms with van der Waals surface area (Å²) in [6.45, 7) is 4.01. The Morgan fingerprint density at radius 1 is 1.14 bits per heavy atom. The lowest BCUT2D eigenvalue weighted by Crippen LogP contribution is -2.48. The number of amides is 2. The first-order valence-corrected chi connectivity index (χ1v) is 13.6. The van der Waals surface area contributed by atoms with Gasteiger partial charge in [0, 0.05) is 31.6 Å². The smallest absolute Gasteiger partial charge is 0.242 e. The predicted octanol–water partition coefficient (Wildman–Crippen LogP) is 3.76. The Hall–Kier alpha value is -2.78. The zero-order valence-electron chi connectivity index (χ0n) is 20.9. The van der Waals surface area contributed by atoms with E-state index in [1.807, 2.05) is 19.1 Å². The van der Waals surface area contributed by atoms with E-state index >= 15 is 0 Å². The minimum atomic E-state index is -3.60. The van der Waals surface area contributed by atoms with E-state index in [1.165, 1.54) is 4.31 Å². The summed E-state index contributed by atoms with van der Waals surface area (Å²) >= 11 is 6.10. The van der Waals surface area contributed by atoms with Gasteiger partial charge in [-0.2, -0.15) is 0 Å². The van der Waals surface area contributed by atoms with Crippen LogP contribution in [0.2, 0.25) is 5.02 Å². The fraction of sp³-hybridized carbons (Fsp3) is 0.440. The van der Waals surface area contributed by atoms with Gasteiger partial charge < -0.3 is 15.0 Å². The van der Waals surface area contributed by atoms with E-state index in [4.69, 9.17) is 16.3 Å². The maximum Gasteiger partial charge on any atom is 0.242 e. The topological polar surface area (TPSA) is 96.0 Å². The number of ether oxygens (including phenoxy) is 1. The molecule has 0 aliphatic rings. The van der Waals surface area contributed by atoms with Gasteiger partial charge in [0.1, 0.15) is 11.8 Å². The van der Waals surface area contributed by atoms with Crippen molar-refractivity contribution in [1.29, 1.82) is 0 Å². The highest BCUT2D eigenvalue weighted by molar-refractivity contribution is 7.92. The van der Waals surface area contributed by atoms with Gasteiger partial charge in [0.25, 0.3) is 0 Å². The highest BCUT2D eigenvalue weighted by Gasteiger charge is 2.28. The molecule has 0 aliphatic heterocycles. The van der Waals surface area contributed by atoms with Gasteiger partial charge in [-0.1, -0.05) is 36.7 Å². The highest BCUT2D eigenvalue weighted by atomic mass is 35.5. The summed E-state index contributed by atoms with van der Waals surface area (Å²) in [4.78, 5) is 27.4. The molecule has 0 radical (unpaired) electrons. The number of rotatable bonds is 12. The minimum Gasteiger partial charge on any atom is -0.497 e. The van der Waals surface area contributed by atoms with Gasteiger partial charge in [-0.3, -0.25) is 13.9 Å². The second-order valence-corrected chi connectivity index (χ2v) is 10.6. The first-order chi connectivity index (χ1) is 16.5. The quantitative estimate of drug-likeness (QED) is 0.457. The lowest BCUT2D eigenvalue weighted by atomic mass is 10.1. The van der Waals surface area contributed by atoms with Crippen LogP contribution in [0.3, 0.4) is 0 Å². The normalized spacial score (nSPS) is 12.1. The van der Waals surface area contributed by atoms with E-state index in [1.54, 1.807) is 56.3 Å². The van der Waals surface area contributed by atoms with Gasteiger partial charge in [-0.05, 0) is 55.2 Å². The van der Waals surface area contributed by atoms with Gasteiger partial charge >= 0.3 is 0 Å². The molecule has 2 rings (SSSR count). The van der Waals surface area contributed by atoms with Crippen LogP contribution in [0.15, 0.2) is 42.5 Å². The Labute approximate surface area is 213 Å². The molecule has 0 spiro atoms. The molecule has 1 N–H and O–H groups in total. The third-order valence-electron chi connectivity index (χ3n) is 5.74. The van der Waals surface area contributed by atoms with Crippen LogP contribution in [0, 0.1) is 6.92 Å². The highest BCUT2D eigenvalue weighted by Crippen LogP contribution is 2.27. The second kappa shape index (κ2) is 12.8. The number of carbonyl (C=O) groups is 2. The number of aryl methyl sites for hydroxylation is 1. The predicted molar refractivity (Wildman–Crippen MR) is 139 cm³/mol. The molecule has 35 heavy (non-hydrogen) atoms. The van der Waals surface area contributed by atoms with Crippen molar-refractivity contribution in [2.24, 2.45) is 0 Å². The average molecular weight is 524 g/mol. The van der Waals surface area contributed by atoms with E-state index in [0.29, 0.717) is 22.9 Å². The van der Waals surface area contributed by atoms with Crippen LogP contribution in [0.25, 0.3) is 0 Å². The first kappa shape index (κ1) is 28.5. The van der Waals surface area contributed by atoms with Crippen LogP contribution >= 0.6 is 11.6 Å². The molecule has 2 amide bonds. The van der Waals surface area contributed by atoms with E-state index in [0.717, 1.165) is 17.4 Å². The Balaban J connectivity index is 2.22. The molecule has 8 nitrogen and oxygen atoms in total. The fourth-order valence-electron chi connectivity index (χ4n) is 3.85. The van der Waals surface area contributed by atoms with Crippen molar-refractivity contribution in [2.75, 3.05) is 31.3 Å². The fourth-order valence-corrected chi connectivity index (χ4v) is 5.03. The van der Waals surface area contributed by atoms with Crippen molar-refractivity contribution >= 4 is 39.1 Å². The number of nitrogens with one attached hydrogen (secondary N) is 1. The van der Waals surface area contributed by atoms with Crippen molar-refractivity contribution in [2.45, 2.75) is 45.7 Å². The van der Waals surface area contributed by atoms with Crippen molar-refractivity contribution in [1.82, 2.24) is 10.2 Å². The zero-order valence-corrected chi connectivity index (χ0v) is 22.4. The molecule has 0 unspecified atom stereocenters. The Morgan fingerprint density at radius 2 is 1.80 bits per heavy atom. The van der Waals surface area contributed by atoms with Crippen LogP contribution in [0.4, 0.5) is 5.69 Å². The van der Waals surface area contributed by atoms with Gasteiger partial charge in [0.15, 0.2) is 0 Å². The number of halogens is 1. The standard InChI is InChI=1S/C25H34ClN3O5S/c1-6-22(25(31)27-3)28(17-19-10-13-21(34-4)14-11-19)24(30)8-7-15-29(35(5,32)33)23-16-20(26)12-9-18(23)2/h9-14,16,22H,6-8,15,17H2,1-5H3,(H,27,31)/t22-/m0/s1. The Kier molecular flexibility index (Phi) is 10.4. The molecule has 1 atom stereocenters. The summed E-state index contributed by atoms with van der Waals surface area (Å²) in [5, 5.41) is 3.06. The largest absolute Gasteiger partial charge is 0.497 e. The van der Waals surface area contributed by atoms with Crippen LogP contribution in [-0.2, 0) is 26.2 Å². The molecule has 0 fully saturated rings. The molecule has 10 heteroatoms. The van der Waals surface area contributed by atoms with E-state index in [-0.39, 0.29) is 37.7 Å². The monoisotopic (exact) mass is 523 g/mol. The Morgan fingerprint density at radius 3 is 2.34 bits per heavy atom. The molecule has 0 heterocycles. The number of hydrogen-bond donors (Lipinski definition) is 1. The molecule has 0 aliphatic carbocycles. The minimum absolute atomic E-state index is 0.0787. The maximum absolute atomic E-state index is 13.3. The molecule has 2 aromatic carbocycles. The van der Waals surface area contributed by atoms with Crippen LogP contribution < -0.4 is 14.4 Å². The molecule has 2 aromatic rings. The number of sulfonamides is 1. The number of methoxy groups -OCH3 is 1. The SMILES string of the molecule is CC[C@@H](C(=O)NC)N(Cc1ccc(OC)cc1)C(=O)CCCN(c1cc(Cl)ccc1C)S(C)(=O)=O. The third-order valence-corrected chi connectivity index (χ3v) is 7.15. The molecule has 0 saturated carbocycles.